The predicted octanol–water partition coefficient (Wildman–Crippen LogP) is 2.87. The fourth-order valence-electron chi connectivity index (χ4n) is 2.77. The smallest absolute Gasteiger partial charge is 0.413 e. The maximum atomic E-state index is 12.6. The third-order valence-corrected chi connectivity index (χ3v) is 5.23. The van der Waals surface area contributed by atoms with Gasteiger partial charge in [0.25, 0.3) is 0 Å². The zero-order valence-electron chi connectivity index (χ0n) is 13.5. The Morgan fingerprint density at radius 2 is 1.87 bits per heavy atom. The monoisotopic (exact) mass is 339 g/mol. The summed E-state index contributed by atoms with van der Waals surface area (Å²) in [5.74, 6) is -0.487. The van der Waals surface area contributed by atoms with Gasteiger partial charge in [0.15, 0.2) is 4.87 Å². The molecule has 1 aliphatic heterocycles. The average molecular weight is 339 g/mol. The summed E-state index contributed by atoms with van der Waals surface area (Å²) in [5, 5.41) is 0. The van der Waals surface area contributed by atoms with Gasteiger partial charge >= 0.3 is 12.1 Å². The van der Waals surface area contributed by atoms with Gasteiger partial charge in [-0.3, -0.25) is 4.90 Å². The fourth-order valence-corrected chi connectivity index (χ4v) is 4.16. The largest absolute Gasteiger partial charge is 0.467 e. The molecular formula is C16H21NO5S. The summed E-state index contributed by atoms with van der Waals surface area (Å²) in [7, 11) is 4.13. The Bertz CT molecular complexity index is 553. The minimum atomic E-state index is -1.21. The zero-order valence-corrected chi connectivity index (χ0v) is 14.3. The molecule has 0 N–H and O–H groups in total. The van der Waals surface area contributed by atoms with E-state index < -0.39 is 23.2 Å². The lowest BCUT2D eigenvalue weighted by Crippen LogP contribution is -2.62. The van der Waals surface area contributed by atoms with Crippen molar-refractivity contribution < 1.29 is 23.8 Å². The van der Waals surface area contributed by atoms with E-state index in [2.05, 4.69) is 0 Å². The third kappa shape index (κ3) is 3.45. The van der Waals surface area contributed by atoms with Crippen LogP contribution in [-0.4, -0.2) is 49.4 Å². The van der Waals surface area contributed by atoms with Crippen molar-refractivity contribution in [2.45, 2.75) is 35.3 Å². The lowest BCUT2D eigenvalue weighted by atomic mass is 10.0. The fraction of sp³-hybridized carbons (Fsp3) is 0.500. The molecule has 0 radical (unpaired) electrons. The maximum absolute atomic E-state index is 12.6. The molecule has 1 unspecified atom stereocenters. The highest BCUT2D eigenvalue weighted by Gasteiger charge is 2.54. The third-order valence-electron chi connectivity index (χ3n) is 3.82. The van der Waals surface area contributed by atoms with Gasteiger partial charge < -0.3 is 14.2 Å². The Morgan fingerprint density at radius 1 is 1.17 bits per heavy atom. The highest BCUT2D eigenvalue weighted by molar-refractivity contribution is 8.01. The van der Waals surface area contributed by atoms with Crippen LogP contribution in [0.4, 0.5) is 4.79 Å². The first-order valence-electron chi connectivity index (χ1n) is 7.31. The second-order valence-electron chi connectivity index (χ2n) is 5.11. The minimum absolute atomic E-state index is 0.466. The van der Waals surface area contributed by atoms with Crippen LogP contribution in [0.1, 0.15) is 19.3 Å². The van der Waals surface area contributed by atoms with Crippen molar-refractivity contribution >= 4 is 23.8 Å². The molecule has 0 bridgehead atoms. The first-order valence-corrected chi connectivity index (χ1v) is 8.13. The number of ether oxygens (including phenoxy) is 3. The predicted molar refractivity (Wildman–Crippen MR) is 85.9 cm³/mol. The van der Waals surface area contributed by atoms with Gasteiger partial charge in [-0.05, 0) is 31.4 Å². The minimum Gasteiger partial charge on any atom is -0.467 e. The number of likely N-dealkylation sites (tertiary alicyclic amines) is 1. The number of hydrogen-bond donors (Lipinski definition) is 0. The van der Waals surface area contributed by atoms with E-state index in [1.54, 1.807) is 0 Å². The number of hydrogen-bond acceptors (Lipinski definition) is 6. The van der Waals surface area contributed by atoms with E-state index in [0.717, 1.165) is 11.3 Å². The highest BCUT2D eigenvalue weighted by Crippen LogP contribution is 2.45. The standard InChI is InChI=1S/C16H21NO5S/c1-20-13-10-7-11-16(14(18)21-2,17(13)15(19)22-3)23-12-8-5-4-6-9-12/h4-6,8-9,13H,7,10-11H2,1-3H3/t13-,16?/m0/s1. The van der Waals surface area contributed by atoms with Gasteiger partial charge in [0.1, 0.15) is 6.23 Å². The first-order chi connectivity index (χ1) is 11.1. The Balaban J connectivity index is 2.48. The molecule has 1 heterocycles. The Kier molecular flexibility index (Phi) is 5.90. The molecule has 126 valence electrons. The SMILES string of the molecule is COC(=O)N1[C@@H](OC)CCCC1(Sc1ccccc1)C(=O)OC. The second-order valence-corrected chi connectivity index (χ2v) is 6.46. The number of nitrogens with zero attached hydrogens (tertiary/aromatic N) is 1. The normalized spacial score (nSPS) is 24.1. The summed E-state index contributed by atoms with van der Waals surface area (Å²) in [6.07, 6.45) is 0.700. The summed E-state index contributed by atoms with van der Waals surface area (Å²) in [4.78, 5) is 26.0. The van der Waals surface area contributed by atoms with E-state index in [0.29, 0.717) is 12.8 Å². The molecule has 2 rings (SSSR count). The molecule has 0 aromatic heterocycles. The molecule has 0 aliphatic carbocycles. The van der Waals surface area contributed by atoms with E-state index in [-0.39, 0.29) is 0 Å². The topological polar surface area (TPSA) is 65.1 Å². The van der Waals surface area contributed by atoms with Gasteiger partial charge in [0, 0.05) is 12.0 Å². The van der Waals surface area contributed by atoms with Crippen LogP contribution in [0.2, 0.25) is 0 Å². The lowest BCUT2D eigenvalue weighted by molar-refractivity contribution is -0.159. The summed E-state index contributed by atoms with van der Waals surface area (Å²) in [6.45, 7) is 0. The van der Waals surface area contributed by atoms with Crippen LogP contribution in [0, 0.1) is 0 Å². The van der Waals surface area contributed by atoms with Crippen molar-refractivity contribution in [2.24, 2.45) is 0 Å². The number of rotatable bonds is 4. The number of amides is 1. The van der Waals surface area contributed by atoms with Gasteiger partial charge in [-0.1, -0.05) is 30.0 Å². The van der Waals surface area contributed by atoms with Crippen molar-refractivity contribution in [3.05, 3.63) is 30.3 Å². The molecule has 1 fully saturated rings. The molecule has 6 nitrogen and oxygen atoms in total. The van der Waals surface area contributed by atoms with Crippen LogP contribution in [0.3, 0.4) is 0 Å². The van der Waals surface area contributed by atoms with Crippen molar-refractivity contribution in [1.82, 2.24) is 4.90 Å². The summed E-state index contributed by atoms with van der Waals surface area (Å²) in [5.41, 5.74) is 0. The van der Waals surface area contributed by atoms with Crippen molar-refractivity contribution in [1.29, 1.82) is 0 Å². The Morgan fingerprint density at radius 3 is 2.43 bits per heavy atom. The van der Waals surface area contributed by atoms with Crippen LogP contribution in [-0.2, 0) is 19.0 Å². The van der Waals surface area contributed by atoms with E-state index in [9.17, 15) is 9.59 Å². The number of carbonyl (C=O) groups excluding carboxylic acids is 2. The van der Waals surface area contributed by atoms with E-state index >= 15 is 0 Å². The molecule has 0 spiro atoms. The molecule has 1 saturated heterocycles. The zero-order chi connectivity index (χ0) is 16.9. The molecule has 0 saturated carbocycles. The van der Waals surface area contributed by atoms with Crippen LogP contribution in [0.25, 0.3) is 0 Å². The van der Waals surface area contributed by atoms with Crippen molar-refractivity contribution in [3.63, 3.8) is 0 Å². The van der Waals surface area contributed by atoms with Gasteiger partial charge in [-0.2, -0.15) is 0 Å². The number of esters is 1. The molecule has 23 heavy (non-hydrogen) atoms. The van der Waals surface area contributed by atoms with Crippen LogP contribution in [0.5, 0.6) is 0 Å². The van der Waals surface area contributed by atoms with E-state index in [1.807, 2.05) is 30.3 Å². The molecule has 1 aromatic carbocycles. The molecule has 1 aliphatic rings. The molecular weight excluding hydrogens is 318 g/mol. The van der Waals surface area contributed by atoms with Crippen LogP contribution in [0.15, 0.2) is 35.2 Å². The highest BCUT2D eigenvalue weighted by atomic mass is 32.2. The van der Waals surface area contributed by atoms with Crippen molar-refractivity contribution in [3.8, 4) is 0 Å². The summed E-state index contributed by atoms with van der Waals surface area (Å²) in [6, 6.07) is 9.44. The number of thioether (sulfide) groups is 1. The molecule has 7 heteroatoms. The summed E-state index contributed by atoms with van der Waals surface area (Å²) >= 11 is 1.29. The Labute approximate surface area is 140 Å². The number of benzene rings is 1. The van der Waals surface area contributed by atoms with Gasteiger partial charge in [0.2, 0.25) is 0 Å². The van der Waals surface area contributed by atoms with E-state index in [1.165, 1.54) is 38.0 Å². The summed E-state index contributed by atoms with van der Waals surface area (Å²) < 4.78 is 15.3. The molecule has 2 atom stereocenters. The van der Waals surface area contributed by atoms with Gasteiger partial charge in [0.05, 0.1) is 14.2 Å². The van der Waals surface area contributed by atoms with E-state index in [4.69, 9.17) is 14.2 Å². The quantitative estimate of drug-likeness (QED) is 0.786. The van der Waals surface area contributed by atoms with Crippen molar-refractivity contribution in [2.75, 3.05) is 21.3 Å². The molecule has 1 amide bonds. The number of methoxy groups -OCH3 is 3. The van der Waals surface area contributed by atoms with Crippen LogP contribution < -0.4 is 0 Å². The Hall–Kier alpha value is -1.73. The number of piperidine rings is 1. The first kappa shape index (κ1) is 17.6. The van der Waals surface area contributed by atoms with Gasteiger partial charge in [-0.15, -0.1) is 0 Å². The molecule has 1 aromatic rings. The van der Waals surface area contributed by atoms with Gasteiger partial charge in [-0.25, -0.2) is 9.59 Å². The average Bonchev–Trinajstić information content (AvgIpc) is 2.60. The van der Waals surface area contributed by atoms with Crippen LogP contribution >= 0.6 is 11.8 Å². The lowest BCUT2D eigenvalue weighted by Gasteiger charge is -2.46. The maximum Gasteiger partial charge on any atom is 0.413 e. The number of carbonyl (C=O) groups is 2. The second kappa shape index (κ2) is 7.70.